The van der Waals surface area contributed by atoms with Gasteiger partial charge in [0.05, 0.1) is 0 Å². The molecule has 0 bridgehead atoms. The molecule has 0 spiro atoms. The van der Waals surface area contributed by atoms with E-state index >= 15 is 0 Å². The minimum Gasteiger partial charge on any atom is -0.429 e. The second kappa shape index (κ2) is 6.27. The number of benzene rings is 1. The van der Waals surface area contributed by atoms with E-state index in [-0.39, 0.29) is 13.4 Å². The van der Waals surface area contributed by atoms with Gasteiger partial charge in [-0.25, -0.2) is 4.79 Å². The van der Waals surface area contributed by atoms with E-state index < -0.39 is 6.16 Å². The maximum atomic E-state index is 10.9. The van der Waals surface area contributed by atoms with Crippen molar-refractivity contribution in [2.45, 2.75) is 6.61 Å². The number of carbonyl (C=O) groups is 1. The van der Waals surface area contributed by atoms with Gasteiger partial charge in [0.15, 0.2) is 6.79 Å². The molecule has 0 aliphatic heterocycles. The Balaban J connectivity index is 2.37. The summed E-state index contributed by atoms with van der Waals surface area (Å²) < 4.78 is 13.9. The summed E-state index contributed by atoms with van der Waals surface area (Å²) in [6, 6.07) is 7.10. The third-order valence-corrected chi connectivity index (χ3v) is 1.97. The summed E-state index contributed by atoms with van der Waals surface area (Å²) in [5.41, 5.74) is 0.730. The Morgan fingerprint density at radius 1 is 1.33 bits per heavy atom. The van der Waals surface area contributed by atoms with Crippen LogP contribution >= 0.6 is 11.6 Å². The van der Waals surface area contributed by atoms with Crippen LogP contribution in [-0.4, -0.2) is 20.1 Å². The first kappa shape index (κ1) is 11.8. The Labute approximate surface area is 92.7 Å². The second-order valence-corrected chi connectivity index (χ2v) is 3.09. The van der Waals surface area contributed by atoms with Crippen molar-refractivity contribution in [3.63, 3.8) is 0 Å². The Bertz CT molecular complexity index is 327. The van der Waals surface area contributed by atoms with Gasteiger partial charge in [-0.1, -0.05) is 29.8 Å². The smallest absolute Gasteiger partial charge is 0.429 e. The molecule has 0 heterocycles. The van der Waals surface area contributed by atoms with E-state index in [0.717, 1.165) is 5.56 Å². The van der Waals surface area contributed by atoms with Gasteiger partial charge in [-0.05, 0) is 6.07 Å². The fourth-order valence-electron chi connectivity index (χ4n) is 0.901. The Kier molecular flexibility index (Phi) is 4.93. The molecule has 0 aromatic heterocycles. The van der Waals surface area contributed by atoms with Crippen molar-refractivity contribution in [1.82, 2.24) is 0 Å². The summed E-state index contributed by atoms with van der Waals surface area (Å²) in [6.07, 6.45) is -0.781. The molecule has 0 aliphatic carbocycles. The Morgan fingerprint density at radius 2 is 2.07 bits per heavy atom. The summed E-state index contributed by atoms with van der Waals surface area (Å²) in [5, 5.41) is 0.553. The molecule has 0 aliphatic rings. The Morgan fingerprint density at radius 3 is 2.73 bits per heavy atom. The normalized spacial score (nSPS) is 9.73. The van der Waals surface area contributed by atoms with Crippen LogP contribution in [0, 0.1) is 0 Å². The fraction of sp³-hybridized carbons (Fsp3) is 0.300. The van der Waals surface area contributed by atoms with Crippen LogP contribution in [0.15, 0.2) is 24.3 Å². The highest BCUT2D eigenvalue weighted by atomic mass is 35.5. The fourth-order valence-corrected chi connectivity index (χ4v) is 1.09. The summed E-state index contributed by atoms with van der Waals surface area (Å²) >= 11 is 5.86. The molecule has 4 nitrogen and oxygen atoms in total. The van der Waals surface area contributed by atoms with Crippen LogP contribution in [0.1, 0.15) is 5.56 Å². The van der Waals surface area contributed by atoms with Crippen molar-refractivity contribution in [2.75, 3.05) is 13.9 Å². The number of halogens is 1. The van der Waals surface area contributed by atoms with E-state index in [1.165, 1.54) is 7.11 Å². The summed E-state index contributed by atoms with van der Waals surface area (Å²) in [4.78, 5) is 10.9. The van der Waals surface area contributed by atoms with E-state index in [1.54, 1.807) is 18.2 Å². The van der Waals surface area contributed by atoms with E-state index in [1.807, 2.05) is 6.07 Å². The summed E-state index contributed by atoms with van der Waals surface area (Å²) in [5.74, 6) is 0. The average Bonchev–Trinajstić information content (AvgIpc) is 2.25. The molecule has 0 saturated carbocycles. The van der Waals surface area contributed by atoms with Gasteiger partial charge in [0.2, 0.25) is 0 Å². The highest BCUT2D eigenvalue weighted by Gasteiger charge is 2.05. The van der Waals surface area contributed by atoms with Crippen molar-refractivity contribution in [3.8, 4) is 0 Å². The lowest BCUT2D eigenvalue weighted by Gasteiger charge is -2.06. The van der Waals surface area contributed by atoms with Crippen molar-refractivity contribution in [3.05, 3.63) is 34.9 Å². The van der Waals surface area contributed by atoms with Gasteiger partial charge in [0.1, 0.15) is 6.61 Å². The van der Waals surface area contributed by atoms with Crippen molar-refractivity contribution >= 4 is 17.8 Å². The predicted octanol–water partition coefficient (Wildman–Crippen LogP) is 2.60. The summed E-state index contributed by atoms with van der Waals surface area (Å²) in [6.45, 7) is -0.0381. The van der Waals surface area contributed by atoms with E-state index in [2.05, 4.69) is 9.47 Å². The van der Waals surface area contributed by atoms with Crippen LogP contribution in [0.4, 0.5) is 4.79 Å². The van der Waals surface area contributed by atoms with Gasteiger partial charge in [0, 0.05) is 17.7 Å². The zero-order chi connectivity index (χ0) is 11.1. The minimum absolute atomic E-state index is 0.0855. The van der Waals surface area contributed by atoms with Crippen LogP contribution in [-0.2, 0) is 20.8 Å². The number of hydrogen-bond donors (Lipinski definition) is 0. The first-order valence-corrected chi connectivity index (χ1v) is 4.63. The maximum absolute atomic E-state index is 10.9. The number of hydrogen-bond acceptors (Lipinski definition) is 4. The average molecular weight is 231 g/mol. The molecule has 82 valence electrons. The molecule has 5 heteroatoms. The standard InChI is InChI=1S/C10H11ClO4/c1-13-7-15-10(12)14-6-8-4-2-3-5-9(8)11/h2-5H,6-7H2,1H3. The molecular formula is C10H11ClO4. The van der Waals surface area contributed by atoms with Crippen molar-refractivity contribution in [1.29, 1.82) is 0 Å². The van der Waals surface area contributed by atoms with E-state index in [0.29, 0.717) is 5.02 Å². The SMILES string of the molecule is COCOC(=O)OCc1ccccc1Cl. The minimum atomic E-state index is -0.781. The highest BCUT2D eigenvalue weighted by Crippen LogP contribution is 2.15. The molecule has 0 N–H and O–H groups in total. The number of carbonyl (C=O) groups excluding carboxylic acids is 1. The van der Waals surface area contributed by atoms with Crippen LogP contribution < -0.4 is 0 Å². The van der Waals surface area contributed by atoms with Crippen molar-refractivity contribution < 1.29 is 19.0 Å². The van der Waals surface area contributed by atoms with Gasteiger partial charge in [-0.3, -0.25) is 0 Å². The lowest BCUT2D eigenvalue weighted by Crippen LogP contribution is -2.09. The lowest BCUT2D eigenvalue weighted by molar-refractivity contribution is -0.0286. The highest BCUT2D eigenvalue weighted by molar-refractivity contribution is 6.31. The maximum Gasteiger partial charge on any atom is 0.510 e. The monoisotopic (exact) mass is 230 g/mol. The molecule has 1 rings (SSSR count). The first-order chi connectivity index (χ1) is 7.24. The number of ether oxygens (including phenoxy) is 3. The van der Waals surface area contributed by atoms with Crippen molar-refractivity contribution in [2.24, 2.45) is 0 Å². The molecule has 0 amide bonds. The van der Waals surface area contributed by atoms with E-state index in [9.17, 15) is 4.79 Å². The van der Waals surface area contributed by atoms with Gasteiger partial charge in [-0.2, -0.15) is 0 Å². The molecule has 0 atom stereocenters. The largest absolute Gasteiger partial charge is 0.510 e. The Hall–Kier alpha value is -1.26. The molecule has 0 saturated heterocycles. The molecule has 1 aromatic rings. The van der Waals surface area contributed by atoms with Crippen LogP contribution in [0.3, 0.4) is 0 Å². The third-order valence-electron chi connectivity index (χ3n) is 1.60. The third kappa shape index (κ3) is 4.18. The molecular weight excluding hydrogens is 220 g/mol. The first-order valence-electron chi connectivity index (χ1n) is 4.26. The summed E-state index contributed by atoms with van der Waals surface area (Å²) in [7, 11) is 1.42. The zero-order valence-electron chi connectivity index (χ0n) is 8.23. The van der Waals surface area contributed by atoms with Crippen LogP contribution in [0.2, 0.25) is 5.02 Å². The molecule has 1 aromatic carbocycles. The van der Waals surface area contributed by atoms with Crippen LogP contribution in [0.5, 0.6) is 0 Å². The second-order valence-electron chi connectivity index (χ2n) is 2.68. The van der Waals surface area contributed by atoms with Crippen LogP contribution in [0.25, 0.3) is 0 Å². The quantitative estimate of drug-likeness (QED) is 0.589. The van der Waals surface area contributed by atoms with Gasteiger partial charge in [0.25, 0.3) is 0 Å². The lowest BCUT2D eigenvalue weighted by atomic mass is 10.2. The van der Waals surface area contributed by atoms with Gasteiger partial charge in [-0.15, -0.1) is 0 Å². The van der Waals surface area contributed by atoms with Gasteiger partial charge >= 0.3 is 6.16 Å². The topological polar surface area (TPSA) is 44.8 Å². The molecule has 0 radical (unpaired) electrons. The number of methoxy groups -OCH3 is 1. The van der Waals surface area contributed by atoms with Gasteiger partial charge < -0.3 is 14.2 Å². The molecule has 15 heavy (non-hydrogen) atoms. The molecule has 0 fully saturated rings. The predicted molar refractivity (Wildman–Crippen MR) is 54.6 cm³/mol. The zero-order valence-corrected chi connectivity index (χ0v) is 8.99. The van der Waals surface area contributed by atoms with E-state index in [4.69, 9.17) is 16.3 Å². The molecule has 0 unspecified atom stereocenters. The number of rotatable bonds is 4.